The number of carbonyl (C=O) groups excluding carboxylic acids is 1. The molecule has 1 aliphatic heterocycles. The van der Waals surface area contributed by atoms with E-state index in [4.69, 9.17) is 10.5 Å². The monoisotopic (exact) mass is 356 g/mol. The van der Waals surface area contributed by atoms with Gasteiger partial charge in [-0.3, -0.25) is 10.3 Å². The average Bonchev–Trinajstić information content (AvgIpc) is 2.66. The minimum Gasteiger partial charge on any atom is -0.449 e. The Bertz CT molecular complexity index is 674. The number of nitrogens with one attached hydrogen (secondary N) is 1. The summed E-state index contributed by atoms with van der Waals surface area (Å²) < 4.78 is 5.30. The molecule has 1 saturated heterocycles. The Hall–Kier alpha value is -2.60. The van der Waals surface area contributed by atoms with E-state index in [-0.39, 0.29) is 0 Å². The zero-order valence-electron chi connectivity index (χ0n) is 15.6. The van der Waals surface area contributed by atoms with Gasteiger partial charge in [-0.1, -0.05) is 18.7 Å². The number of alkyl carbamates (subject to hydrolysis) is 1. The van der Waals surface area contributed by atoms with Gasteiger partial charge >= 0.3 is 6.09 Å². The predicted octanol–water partition coefficient (Wildman–Crippen LogP) is 2.91. The number of likely N-dealkylation sites (tertiary alicyclic amines) is 1. The molecule has 0 unspecified atom stereocenters. The van der Waals surface area contributed by atoms with Gasteiger partial charge in [-0.2, -0.15) is 0 Å². The predicted molar refractivity (Wildman–Crippen MR) is 104 cm³/mol. The van der Waals surface area contributed by atoms with Gasteiger partial charge in [0.25, 0.3) is 0 Å². The van der Waals surface area contributed by atoms with Crippen LogP contribution in [0.3, 0.4) is 0 Å². The smallest absolute Gasteiger partial charge is 0.411 e. The van der Waals surface area contributed by atoms with Gasteiger partial charge in [0.05, 0.1) is 18.0 Å². The van der Waals surface area contributed by atoms with Gasteiger partial charge in [0.15, 0.2) is 0 Å². The van der Waals surface area contributed by atoms with Crippen molar-refractivity contribution in [3.63, 3.8) is 0 Å². The topological polar surface area (TPSA) is 80.5 Å². The fourth-order valence-corrected chi connectivity index (χ4v) is 2.66. The molecular weight excluding hydrogens is 328 g/mol. The summed E-state index contributed by atoms with van der Waals surface area (Å²) in [6.07, 6.45) is 8.66. The standard InChI is InChI=1S/C20H28N4O2/c1-15(18-5-4-10-22-13-18)6-7-19(21)16(2)23-20(25)26-14-17-8-11-24(3)12-9-17/h4-7,10,13,17H,2,8-9,11-12,14,21H2,1,3H3,(H,23,25)/b15-6+,19-7+. The molecule has 0 spiro atoms. The van der Waals surface area contributed by atoms with Crippen molar-refractivity contribution < 1.29 is 9.53 Å². The van der Waals surface area contributed by atoms with Crippen LogP contribution >= 0.6 is 0 Å². The first-order valence-electron chi connectivity index (χ1n) is 8.81. The van der Waals surface area contributed by atoms with Crippen LogP contribution < -0.4 is 11.1 Å². The molecule has 0 atom stereocenters. The number of pyridine rings is 1. The first kappa shape index (κ1) is 19.7. The first-order chi connectivity index (χ1) is 12.5. The summed E-state index contributed by atoms with van der Waals surface area (Å²) in [6.45, 7) is 8.27. The highest BCUT2D eigenvalue weighted by Gasteiger charge is 2.18. The largest absolute Gasteiger partial charge is 0.449 e. The summed E-state index contributed by atoms with van der Waals surface area (Å²) in [7, 11) is 2.10. The van der Waals surface area contributed by atoms with E-state index in [2.05, 4.69) is 28.8 Å². The second-order valence-electron chi connectivity index (χ2n) is 6.66. The number of hydrogen-bond donors (Lipinski definition) is 2. The molecule has 0 saturated carbocycles. The van der Waals surface area contributed by atoms with Crippen LogP contribution in [0, 0.1) is 5.92 Å². The lowest BCUT2D eigenvalue weighted by Gasteiger charge is -2.28. The molecule has 2 heterocycles. The number of allylic oxidation sites excluding steroid dienone is 3. The second-order valence-corrected chi connectivity index (χ2v) is 6.66. The molecule has 26 heavy (non-hydrogen) atoms. The van der Waals surface area contributed by atoms with E-state index in [0.29, 0.717) is 23.9 Å². The maximum absolute atomic E-state index is 11.9. The Balaban J connectivity index is 1.79. The van der Waals surface area contributed by atoms with Crippen LogP contribution in [-0.4, -0.2) is 42.7 Å². The number of hydrogen-bond acceptors (Lipinski definition) is 5. The van der Waals surface area contributed by atoms with E-state index in [1.54, 1.807) is 18.5 Å². The second kappa shape index (κ2) is 9.77. The average molecular weight is 356 g/mol. The zero-order chi connectivity index (χ0) is 18.9. The van der Waals surface area contributed by atoms with Gasteiger partial charge < -0.3 is 15.4 Å². The van der Waals surface area contributed by atoms with Crippen LogP contribution in [0.4, 0.5) is 4.79 Å². The van der Waals surface area contributed by atoms with Gasteiger partial charge in [0.1, 0.15) is 0 Å². The molecule has 0 aromatic carbocycles. The Labute approximate surface area is 155 Å². The Morgan fingerprint density at radius 2 is 2.19 bits per heavy atom. The summed E-state index contributed by atoms with van der Waals surface area (Å²) in [6, 6.07) is 3.84. The lowest BCUT2D eigenvalue weighted by molar-refractivity contribution is 0.105. The van der Waals surface area contributed by atoms with Crippen molar-refractivity contribution in [2.75, 3.05) is 26.7 Å². The Morgan fingerprint density at radius 1 is 1.46 bits per heavy atom. The lowest BCUT2D eigenvalue weighted by atomic mass is 9.98. The van der Waals surface area contributed by atoms with Crippen LogP contribution in [0.15, 0.2) is 54.7 Å². The molecule has 1 aromatic heterocycles. The molecule has 2 rings (SSSR count). The number of rotatable bonds is 6. The molecule has 3 N–H and O–H groups in total. The van der Waals surface area contributed by atoms with Crippen LogP contribution in [0.25, 0.3) is 5.57 Å². The van der Waals surface area contributed by atoms with Gasteiger partial charge in [0.2, 0.25) is 0 Å². The molecule has 0 aliphatic carbocycles. The summed E-state index contributed by atoms with van der Waals surface area (Å²) >= 11 is 0. The highest BCUT2D eigenvalue weighted by Crippen LogP contribution is 2.16. The molecule has 1 fully saturated rings. The fraction of sp³-hybridized carbons (Fsp3) is 0.400. The van der Waals surface area contributed by atoms with Crippen LogP contribution in [0.1, 0.15) is 25.3 Å². The quantitative estimate of drug-likeness (QED) is 0.766. The number of carbonyl (C=O) groups is 1. The first-order valence-corrected chi connectivity index (χ1v) is 8.81. The third kappa shape index (κ3) is 6.37. The van der Waals surface area contributed by atoms with Crippen molar-refractivity contribution in [1.29, 1.82) is 0 Å². The summed E-state index contributed by atoms with van der Waals surface area (Å²) in [5.74, 6) is 0.420. The summed E-state index contributed by atoms with van der Waals surface area (Å²) in [5, 5.41) is 2.59. The SMILES string of the molecule is C=C(NC(=O)OCC1CCN(C)CC1)/C(N)=C\C=C(/C)c1cccnc1. The van der Waals surface area contributed by atoms with Crippen LogP contribution in [-0.2, 0) is 4.74 Å². The van der Waals surface area contributed by atoms with Crippen LogP contribution in [0.2, 0.25) is 0 Å². The number of piperidine rings is 1. The molecule has 0 bridgehead atoms. The zero-order valence-corrected chi connectivity index (χ0v) is 15.6. The molecule has 1 aliphatic rings. The Morgan fingerprint density at radius 3 is 2.85 bits per heavy atom. The molecule has 0 radical (unpaired) electrons. The van der Waals surface area contributed by atoms with Gasteiger partial charge in [-0.05, 0) is 69.1 Å². The molecule has 6 nitrogen and oxygen atoms in total. The third-order valence-electron chi connectivity index (χ3n) is 4.52. The summed E-state index contributed by atoms with van der Waals surface area (Å²) in [4.78, 5) is 18.3. The maximum Gasteiger partial charge on any atom is 0.411 e. The minimum atomic E-state index is -0.516. The van der Waals surface area contributed by atoms with Crippen molar-refractivity contribution in [2.24, 2.45) is 11.7 Å². The van der Waals surface area contributed by atoms with Crippen molar-refractivity contribution in [1.82, 2.24) is 15.2 Å². The van der Waals surface area contributed by atoms with Crippen molar-refractivity contribution in [3.8, 4) is 0 Å². The molecule has 1 amide bonds. The van der Waals surface area contributed by atoms with E-state index in [0.717, 1.165) is 37.1 Å². The van der Waals surface area contributed by atoms with E-state index in [1.807, 2.05) is 25.1 Å². The molecule has 1 aromatic rings. The third-order valence-corrected chi connectivity index (χ3v) is 4.52. The molecule has 140 valence electrons. The number of aromatic nitrogens is 1. The van der Waals surface area contributed by atoms with E-state index in [9.17, 15) is 4.79 Å². The van der Waals surface area contributed by atoms with E-state index >= 15 is 0 Å². The number of amides is 1. The molecule has 6 heteroatoms. The van der Waals surface area contributed by atoms with Gasteiger partial charge in [0, 0.05) is 12.4 Å². The number of ether oxygens (including phenoxy) is 1. The number of nitrogens with two attached hydrogens (primary N) is 1. The minimum absolute atomic E-state index is 0.327. The van der Waals surface area contributed by atoms with Crippen molar-refractivity contribution in [2.45, 2.75) is 19.8 Å². The lowest BCUT2D eigenvalue weighted by Crippen LogP contribution is -2.34. The van der Waals surface area contributed by atoms with Gasteiger partial charge in [-0.25, -0.2) is 4.79 Å². The maximum atomic E-state index is 11.9. The fourth-order valence-electron chi connectivity index (χ4n) is 2.66. The van der Waals surface area contributed by atoms with E-state index in [1.165, 1.54) is 0 Å². The number of nitrogens with zero attached hydrogens (tertiary/aromatic N) is 2. The summed E-state index contributed by atoms with van der Waals surface area (Å²) in [5.41, 5.74) is 8.70. The highest BCUT2D eigenvalue weighted by atomic mass is 16.5. The molecular formula is C20H28N4O2. The van der Waals surface area contributed by atoms with Gasteiger partial charge in [-0.15, -0.1) is 0 Å². The highest BCUT2D eigenvalue weighted by molar-refractivity contribution is 5.71. The van der Waals surface area contributed by atoms with E-state index < -0.39 is 6.09 Å². The normalized spacial score (nSPS) is 17.0. The van der Waals surface area contributed by atoms with Crippen molar-refractivity contribution in [3.05, 3.63) is 60.2 Å². The van der Waals surface area contributed by atoms with Crippen molar-refractivity contribution >= 4 is 11.7 Å². The Kier molecular flexibility index (Phi) is 7.41. The van der Waals surface area contributed by atoms with Crippen LogP contribution in [0.5, 0.6) is 0 Å².